The van der Waals surface area contributed by atoms with E-state index in [0.717, 1.165) is 11.3 Å². The maximum Gasteiger partial charge on any atom is 0.257 e. The molecule has 0 atom stereocenters. The van der Waals surface area contributed by atoms with E-state index in [4.69, 9.17) is 17.0 Å². The summed E-state index contributed by atoms with van der Waals surface area (Å²) in [5.74, 6) is 0.497. The smallest absolute Gasteiger partial charge is 0.257 e. The molecule has 2 aromatic rings. The fourth-order valence-electron chi connectivity index (χ4n) is 2.01. The van der Waals surface area contributed by atoms with Crippen molar-refractivity contribution in [1.82, 2.24) is 10.6 Å². The number of carbonyl (C=O) groups excluding carboxylic acids is 1. The average molecular weight is 361 g/mol. The minimum atomic E-state index is -0.242. The third-order valence-corrected chi connectivity index (χ3v) is 4.26. The van der Waals surface area contributed by atoms with Gasteiger partial charge in [-0.2, -0.15) is 0 Å². The van der Waals surface area contributed by atoms with E-state index < -0.39 is 0 Å². The highest BCUT2D eigenvalue weighted by Gasteiger charge is 2.08. The number of amides is 1. The number of nitrogens with one attached hydrogen (secondary N) is 2. The van der Waals surface area contributed by atoms with E-state index in [2.05, 4.69) is 22.8 Å². The number of hydrogen-bond donors (Lipinski definition) is 2. The lowest BCUT2D eigenvalue weighted by Gasteiger charge is -2.10. The fourth-order valence-corrected chi connectivity index (χ4v) is 2.59. The summed E-state index contributed by atoms with van der Waals surface area (Å²) in [7, 11) is 0. The molecule has 6 heteroatoms. The van der Waals surface area contributed by atoms with Gasteiger partial charge >= 0.3 is 0 Å². The Kier molecular flexibility index (Phi) is 7.08. The molecule has 0 aromatic heterocycles. The Morgan fingerprint density at radius 2 is 1.79 bits per heavy atom. The predicted octanol–water partition coefficient (Wildman–Crippen LogP) is 3.61. The van der Waals surface area contributed by atoms with Crippen LogP contribution >= 0.6 is 24.0 Å². The van der Waals surface area contributed by atoms with Gasteiger partial charge in [0.15, 0.2) is 5.11 Å². The van der Waals surface area contributed by atoms with Crippen molar-refractivity contribution in [2.45, 2.75) is 18.4 Å². The largest absolute Gasteiger partial charge is 0.494 e. The van der Waals surface area contributed by atoms with Crippen molar-refractivity contribution in [2.75, 3.05) is 12.9 Å². The van der Waals surface area contributed by atoms with E-state index in [1.807, 2.05) is 25.3 Å². The monoisotopic (exact) mass is 360 g/mol. The van der Waals surface area contributed by atoms with Crippen LogP contribution in [0.3, 0.4) is 0 Å². The Labute approximate surface area is 152 Å². The van der Waals surface area contributed by atoms with Crippen molar-refractivity contribution in [3.8, 4) is 5.75 Å². The van der Waals surface area contributed by atoms with E-state index in [1.165, 1.54) is 4.90 Å². The molecule has 0 fully saturated rings. The molecule has 0 radical (unpaired) electrons. The molecule has 126 valence electrons. The maximum absolute atomic E-state index is 12.1. The summed E-state index contributed by atoms with van der Waals surface area (Å²) in [6.07, 6.45) is 2.04. The average Bonchev–Trinajstić information content (AvgIpc) is 2.61. The molecule has 0 aliphatic carbocycles. The van der Waals surface area contributed by atoms with E-state index in [-0.39, 0.29) is 5.91 Å². The Morgan fingerprint density at radius 1 is 1.12 bits per heavy atom. The van der Waals surface area contributed by atoms with Gasteiger partial charge in [0, 0.05) is 17.0 Å². The van der Waals surface area contributed by atoms with Crippen LogP contribution in [-0.4, -0.2) is 23.9 Å². The summed E-state index contributed by atoms with van der Waals surface area (Å²) in [5.41, 5.74) is 1.64. The predicted molar refractivity (Wildman–Crippen MR) is 103 cm³/mol. The zero-order chi connectivity index (χ0) is 17.4. The zero-order valence-electron chi connectivity index (χ0n) is 13.7. The lowest BCUT2D eigenvalue weighted by molar-refractivity contribution is 0.0976. The van der Waals surface area contributed by atoms with Crippen molar-refractivity contribution in [3.05, 3.63) is 59.7 Å². The van der Waals surface area contributed by atoms with Crippen LogP contribution in [0.1, 0.15) is 22.8 Å². The number of thioether (sulfide) groups is 1. The van der Waals surface area contributed by atoms with Crippen LogP contribution in [0.5, 0.6) is 5.75 Å². The summed E-state index contributed by atoms with van der Waals surface area (Å²) >= 11 is 6.87. The van der Waals surface area contributed by atoms with E-state index in [9.17, 15) is 4.79 Å². The van der Waals surface area contributed by atoms with Gasteiger partial charge in [0.2, 0.25) is 0 Å². The molecular formula is C18H20N2O2S2. The molecule has 24 heavy (non-hydrogen) atoms. The molecule has 0 aliphatic heterocycles. The summed E-state index contributed by atoms with van der Waals surface area (Å²) < 4.78 is 5.35. The first-order chi connectivity index (χ1) is 11.6. The van der Waals surface area contributed by atoms with Gasteiger partial charge in [-0.15, -0.1) is 11.8 Å². The minimum Gasteiger partial charge on any atom is -0.494 e. The van der Waals surface area contributed by atoms with Crippen LogP contribution in [0.2, 0.25) is 0 Å². The Bertz CT molecular complexity index is 685. The molecule has 2 rings (SSSR count). The van der Waals surface area contributed by atoms with E-state index >= 15 is 0 Å². The van der Waals surface area contributed by atoms with Gasteiger partial charge in [-0.3, -0.25) is 10.1 Å². The molecule has 0 spiro atoms. The SMILES string of the molecule is CCOc1ccc(C(=O)NC(=S)NCc2ccc(SC)cc2)cc1. The molecule has 0 heterocycles. The second kappa shape index (κ2) is 9.30. The number of ether oxygens (including phenoxy) is 1. The van der Waals surface area contributed by atoms with Crippen LogP contribution in [0.25, 0.3) is 0 Å². The number of thiocarbonyl (C=S) groups is 1. The van der Waals surface area contributed by atoms with Crippen molar-refractivity contribution in [1.29, 1.82) is 0 Å². The van der Waals surface area contributed by atoms with Gasteiger partial charge in [0.25, 0.3) is 5.91 Å². The highest BCUT2D eigenvalue weighted by molar-refractivity contribution is 7.98. The first kappa shape index (κ1) is 18.3. The van der Waals surface area contributed by atoms with Crippen LogP contribution in [0, 0.1) is 0 Å². The molecule has 0 unspecified atom stereocenters. The zero-order valence-corrected chi connectivity index (χ0v) is 15.3. The first-order valence-electron chi connectivity index (χ1n) is 7.57. The lowest BCUT2D eigenvalue weighted by atomic mass is 10.2. The van der Waals surface area contributed by atoms with Gasteiger partial charge in [-0.05, 0) is 67.4 Å². The van der Waals surface area contributed by atoms with E-state index in [0.29, 0.717) is 23.8 Å². The Balaban J connectivity index is 1.83. The number of benzene rings is 2. The molecule has 0 saturated heterocycles. The van der Waals surface area contributed by atoms with Gasteiger partial charge < -0.3 is 10.1 Å². The van der Waals surface area contributed by atoms with Crippen molar-refractivity contribution >= 4 is 35.0 Å². The molecule has 1 amide bonds. The molecule has 0 bridgehead atoms. The summed E-state index contributed by atoms with van der Waals surface area (Å²) in [6, 6.07) is 15.1. The van der Waals surface area contributed by atoms with E-state index in [1.54, 1.807) is 36.0 Å². The van der Waals surface area contributed by atoms with Crippen molar-refractivity contribution < 1.29 is 9.53 Å². The first-order valence-corrected chi connectivity index (χ1v) is 9.20. The highest BCUT2D eigenvalue weighted by atomic mass is 32.2. The number of carbonyl (C=O) groups is 1. The minimum absolute atomic E-state index is 0.242. The standard InChI is InChI=1S/C18H20N2O2S2/c1-3-22-15-8-6-14(7-9-15)17(21)20-18(23)19-12-13-4-10-16(24-2)11-5-13/h4-11H,3,12H2,1-2H3,(H2,19,20,21,23). The van der Waals surface area contributed by atoms with Crippen molar-refractivity contribution in [3.63, 3.8) is 0 Å². The quantitative estimate of drug-likeness (QED) is 0.609. The van der Waals surface area contributed by atoms with Crippen LogP contribution in [0.15, 0.2) is 53.4 Å². The summed E-state index contributed by atoms with van der Waals surface area (Å²) in [6.45, 7) is 3.08. The second-order valence-corrected chi connectivity index (χ2v) is 6.23. The van der Waals surface area contributed by atoms with Crippen LogP contribution in [-0.2, 0) is 6.54 Å². The molecule has 2 N–H and O–H groups in total. The fraction of sp³-hybridized carbons (Fsp3) is 0.222. The lowest BCUT2D eigenvalue weighted by Crippen LogP contribution is -2.38. The van der Waals surface area contributed by atoms with Crippen LogP contribution < -0.4 is 15.4 Å². The van der Waals surface area contributed by atoms with Gasteiger partial charge in [-0.25, -0.2) is 0 Å². The molecule has 0 aliphatic rings. The molecule has 4 nitrogen and oxygen atoms in total. The summed E-state index contributed by atoms with van der Waals surface area (Å²) in [4.78, 5) is 13.4. The van der Waals surface area contributed by atoms with Crippen LogP contribution in [0.4, 0.5) is 0 Å². The van der Waals surface area contributed by atoms with Crippen molar-refractivity contribution in [2.24, 2.45) is 0 Å². The van der Waals surface area contributed by atoms with Gasteiger partial charge in [0.1, 0.15) is 5.75 Å². The Hall–Kier alpha value is -2.05. The second-order valence-electron chi connectivity index (χ2n) is 4.94. The normalized spacial score (nSPS) is 10.1. The maximum atomic E-state index is 12.1. The number of rotatable bonds is 6. The van der Waals surface area contributed by atoms with Gasteiger partial charge in [0.05, 0.1) is 6.61 Å². The third-order valence-electron chi connectivity index (χ3n) is 3.27. The molecular weight excluding hydrogens is 340 g/mol. The number of hydrogen-bond acceptors (Lipinski definition) is 4. The summed E-state index contributed by atoms with van der Waals surface area (Å²) in [5, 5.41) is 6.02. The highest BCUT2D eigenvalue weighted by Crippen LogP contribution is 2.14. The van der Waals surface area contributed by atoms with Gasteiger partial charge in [-0.1, -0.05) is 12.1 Å². The topological polar surface area (TPSA) is 50.4 Å². The Morgan fingerprint density at radius 3 is 2.38 bits per heavy atom. The molecule has 2 aromatic carbocycles. The third kappa shape index (κ3) is 5.54. The molecule has 0 saturated carbocycles.